The van der Waals surface area contributed by atoms with Crippen LogP contribution in [0.1, 0.15) is 27.2 Å². The molecule has 2 aromatic carbocycles. The zero-order valence-electron chi connectivity index (χ0n) is 19.3. The highest BCUT2D eigenvalue weighted by atomic mass is 32.2. The van der Waals surface area contributed by atoms with Crippen LogP contribution in [0.15, 0.2) is 36.4 Å². The molecule has 0 unspecified atom stereocenters. The third-order valence-electron chi connectivity index (χ3n) is 5.32. The second kappa shape index (κ2) is 9.30. The number of fused-ring (bicyclic) bond motifs is 1. The largest absolute Gasteiger partial charge is 0.495 e. The molecule has 178 valence electrons. The van der Waals surface area contributed by atoms with Gasteiger partial charge in [-0.25, -0.2) is 13.2 Å². The van der Waals surface area contributed by atoms with Crippen LogP contribution < -0.4 is 19.3 Å². The molecule has 0 fully saturated rings. The normalized spacial score (nSPS) is 15.9. The van der Waals surface area contributed by atoms with Crippen LogP contribution in [0.5, 0.6) is 5.75 Å². The Labute approximate surface area is 194 Å². The first-order valence-corrected chi connectivity index (χ1v) is 12.4. The lowest BCUT2D eigenvalue weighted by atomic mass is 9.99. The van der Waals surface area contributed by atoms with Crippen LogP contribution in [0.3, 0.4) is 0 Å². The topological polar surface area (TPSA) is 116 Å². The van der Waals surface area contributed by atoms with E-state index < -0.39 is 16.1 Å². The highest BCUT2D eigenvalue weighted by molar-refractivity contribution is 7.92. The van der Waals surface area contributed by atoms with Gasteiger partial charge in [-0.05, 0) is 48.2 Å². The lowest BCUT2D eigenvalue weighted by Crippen LogP contribution is -2.51. The summed E-state index contributed by atoms with van der Waals surface area (Å²) in [5.41, 5.74) is 2.55. The molecule has 10 heteroatoms. The Morgan fingerprint density at radius 2 is 1.79 bits per heavy atom. The Bertz CT molecular complexity index is 1180. The number of carbonyl (C=O) groups excluding carboxylic acids is 1. The van der Waals surface area contributed by atoms with E-state index in [0.717, 1.165) is 6.26 Å². The first-order valence-electron chi connectivity index (χ1n) is 10.5. The standard InChI is InChI=1S/C23H29N3O6S/c1-14(2)10-22(27)26-15(3)13-25(23(28)29)20-12-17(6-8-19(20)26)16-7-9-21(32-4)18(11-16)24-33(5,30)31/h6-9,11-12,14-15,24H,10,13H2,1-5H3,(H,28,29)/t15-/m0/s1. The molecule has 2 N–H and O–H groups in total. The van der Waals surface area contributed by atoms with Crippen LogP contribution in [-0.2, 0) is 14.8 Å². The van der Waals surface area contributed by atoms with Gasteiger partial charge in [-0.1, -0.05) is 26.0 Å². The summed E-state index contributed by atoms with van der Waals surface area (Å²) >= 11 is 0. The Kier molecular flexibility index (Phi) is 6.87. The van der Waals surface area contributed by atoms with Gasteiger partial charge in [0.1, 0.15) is 5.75 Å². The number of carboxylic acid groups (broad SMARTS) is 1. The van der Waals surface area contributed by atoms with E-state index in [4.69, 9.17) is 4.74 Å². The predicted molar refractivity (Wildman–Crippen MR) is 129 cm³/mol. The number of sulfonamides is 1. The van der Waals surface area contributed by atoms with E-state index in [1.807, 2.05) is 20.8 Å². The highest BCUT2D eigenvalue weighted by Crippen LogP contribution is 2.40. The summed E-state index contributed by atoms with van der Waals surface area (Å²) in [6.45, 7) is 5.91. The van der Waals surface area contributed by atoms with Crippen LogP contribution in [0.4, 0.5) is 21.9 Å². The number of benzene rings is 2. The number of ether oxygens (including phenoxy) is 1. The second-order valence-corrected chi connectivity index (χ2v) is 10.3. The van der Waals surface area contributed by atoms with Gasteiger partial charge in [-0.15, -0.1) is 0 Å². The fraction of sp³-hybridized carbons (Fsp3) is 0.391. The molecule has 1 aliphatic heterocycles. The summed E-state index contributed by atoms with van der Waals surface area (Å²) in [4.78, 5) is 27.8. The van der Waals surface area contributed by atoms with Crippen LogP contribution in [0.25, 0.3) is 11.1 Å². The predicted octanol–water partition coefficient (Wildman–Crippen LogP) is 4.00. The molecule has 2 amide bonds. The van der Waals surface area contributed by atoms with Gasteiger partial charge in [-0.2, -0.15) is 0 Å². The average molecular weight is 476 g/mol. The molecule has 0 bridgehead atoms. The molecule has 9 nitrogen and oxygen atoms in total. The van der Waals surface area contributed by atoms with Crippen LogP contribution >= 0.6 is 0 Å². The molecule has 1 aliphatic rings. The molecule has 0 radical (unpaired) electrons. The molecule has 1 heterocycles. The molecule has 1 atom stereocenters. The van der Waals surface area contributed by atoms with Crippen molar-refractivity contribution in [2.75, 3.05) is 34.4 Å². The van der Waals surface area contributed by atoms with Gasteiger partial charge in [0.2, 0.25) is 15.9 Å². The number of nitrogens with one attached hydrogen (secondary N) is 1. The lowest BCUT2D eigenvalue weighted by molar-refractivity contribution is -0.119. The van der Waals surface area contributed by atoms with Crippen molar-refractivity contribution in [3.8, 4) is 16.9 Å². The van der Waals surface area contributed by atoms with Crippen molar-refractivity contribution in [3.05, 3.63) is 36.4 Å². The molecule has 33 heavy (non-hydrogen) atoms. The molecular weight excluding hydrogens is 446 g/mol. The van der Waals surface area contributed by atoms with Crippen molar-refractivity contribution in [3.63, 3.8) is 0 Å². The quantitative estimate of drug-likeness (QED) is 0.652. The minimum atomic E-state index is -3.54. The first-order chi connectivity index (χ1) is 15.4. The second-order valence-electron chi connectivity index (χ2n) is 8.60. The minimum Gasteiger partial charge on any atom is -0.495 e. The van der Waals surface area contributed by atoms with Crippen molar-refractivity contribution in [1.82, 2.24) is 0 Å². The maximum Gasteiger partial charge on any atom is 0.411 e. The molecule has 3 rings (SSSR count). The van der Waals surface area contributed by atoms with E-state index in [9.17, 15) is 23.1 Å². The fourth-order valence-electron chi connectivity index (χ4n) is 3.98. The number of hydrogen-bond acceptors (Lipinski definition) is 5. The van der Waals surface area contributed by atoms with Gasteiger partial charge in [0.05, 0.1) is 36.5 Å². The fourth-order valence-corrected chi connectivity index (χ4v) is 4.54. The molecule has 0 aliphatic carbocycles. The lowest BCUT2D eigenvalue weighted by Gasteiger charge is -2.40. The van der Waals surface area contributed by atoms with Gasteiger partial charge < -0.3 is 14.7 Å². The number of anilines is 3. The van der Waals surface area contributed by atoms with Crippen LogP contribution in [0.2, 0.25) is 0 Å². The number of carbonyl (C=O) groups is 2. The van der Waals surface area contributed by atoms with Crippen molar-refractivity contribution in [2.45, 2.75) is 33.2 Å². The summed E-state index contributed by atoms with van der Waals surface area (Å²) in [6.07, 6.45) is 0.301. The van der Waals surface area contributed by atoms with E-state index in [0.29, 0.717) is 34.7 Å². The van der Waals surface area contributed by atoms with Crippen molar-refractivity contribution in [2.24, 2.45) is 5.92 Å². The average Bonchev–Trinajstić information content (AvgIpc) is 2.70. The van der Waals surface area contributed by atoms with Gasteiger partial charge in [0.15, 0.2) is 0 Å². The highest BCUT2D eigenvalue weighted by Gasteiger charge is 2.35. The van der Waals surface area contributed by atoms with Crippen LogP contribution in [0, 0.1) is 5.92 Å². The van der Waals surface area contributed by atoms with Crippen molar-refractivity contribution in [1.29, 1.82) is 0 Å². The van der Waals surface area contributed by atoms with E-state index >= 15 is 0 Å². The third-order valence-corrected chi connectivity index (χ3v) is 5.91. The summed E-state index contributed by atoms with van der Waals surface area (Å²) in [6, 6.07) is 9.94. The van der Waals surface area contributed by atoms with Gasteiger partial charge >= 0.3 is 6.09 Å². The molecule has 0 spiro atoms. The number of amides is 2. The molecule has 0 aromatic heterocycles. The van der Waals surface area contributed by atoms with E-state index in [1.54, 1.807) is 41.3 Å². The minimum absolute atomic E-state index is 0.0550. The smallest absolute Gasteiger partial charge is 0.411 e. The summed E-state index contributed by atoms with van der Waals surface area (Å²) in [5.74, 6) is 0.471. The van der Waals surface area contributed by atoms with Crippen LogP contribution in [-0.4, -0.2) is 51.5 Å². The van der Waals surface area contributed by atoms with Crippen molar-refractivity contribution >= 4 is 39.1 Å². The summed E-state index contributed by atoms with van der Waals surface area (Å²) in [5, 5.41) is 9.80. The van der Waals surface area contributed by atoms with E-state index in [-0.39, 0.29) is 30.1 Å². The summed E-state index contributed by atoms with van der Waals surface area (Å²) in [7, 11) is -2.10. The summed E-state index contributed by atoms with van der Waals surface area (Å²) < 4.78 is 31.2. The number of hydrogen-bond donors (Lipinski definition) is 2. The first kappa shape index (κ1) is 24.4. The number of methoxy groups -OCH3 is 1. The van der Waals surface area contributed by atoms with Gasteiger partial charge in [0, 0.05) is 13.0 Å². The zero-order chi connectivity index (χ0) is 24.5. The number of nitrogens with zero attached hydrogens (tertiary/aromatic N) is 2. The van der Waals surface area contributed by atoms with Crippen molar-refractivity contribution < 1.29 is 27.9 Å². The monoisotopic (exact) mass is 475 g/mol. The van der Waals surface area contributed by atoms with E-state index in [1.165, 1.54) is 12.0 Å². The molecule has 0 saturated carbocycles. The maximum absolute atomic E-state index is 12.9. The maximum atomic E-state index is 12.9. The van der Waals surface area contributed by atoms with E-state index in [2.05, 4.69) is 4.72 Å². The Morgan fingerprint density at radius 3 is 2.36 bits per heavy atom. The SMILES string of the molecule is COc1ccc(-c2ccc3c(c2)N(C(=O)O)C[C@H](C)N3C(=O)CC(C)C)cc1NS(C)(=O)=O. The van der Waals surface area contributed by atoms with Gasteiger partial charge in [-0.3, -0.25) is 14.4 Å². The zero-order valence-corrected chi connectivity index (χ0v) is 20.1. The molecule has 0 saturated heterocycles. The van der Waals surface area contributed by atoms with Gasteiger partial charge in [0.25, 0.3) is 0 Å². The molecular formula is C23H29N3O6S. The molecule has 2 aromatic rings. The Morgan fingerprint density at radius 1 is 1.15 bits per heavy atom. The Balaban J connectivity index is 2.11. The third kappa shape index (κ3) is 5.39. The Hall–Kier alpha value is -3.27. The number of rotatable bonds is 6.